The van der Waals surface area contributed by atoms with Crippen molar-refractivity contribution in [1.82, 2.24) is 25.6 Å². The van der Waals surface area contributed by atoms with E-state index in [0.717, 1.165) is 36.6 Å². The van der Waals surface area contributed by atoms with E-state index >= 15 is 0 Å². The van der Waals surface area contributed by atoms with E-state index in [2.05, 4.69) is 41.5 Å². The van der Waals surface area contributed by atoms with Gasteiger partial charge in [-0.15, -0.1) is 0 Å². The van der Waals surface area contributed by atoms with Crippen molar-refractivity contribution in [3.63, 3.8) is 0 Å². The summed E-state index contributed by atoms with van der Waals surface area (Å²) in [6, 6.07) is 15.3. The Hall–Kier alpha value is -5.58. The number of rotatable bonds is 13. The molecular weight excluding hydrogens is 715 g/mol. The normalized spacial score (nSPS) is 13.5. The molecule has 52 heavy (non-hydrogen) atoms. The standard InChI is InChI=1S/C34H32ClF5N8O4/c1-32(2,17-42-27(50)28(51)43-23-11-12-24(36)25(37)15-23)16-41-26(49)19-3-9-22(10-4-19)44-29-45-30(47-31(46-29)52-18-34(38,39)40)48-33(13-14-33)20-5-7-21(35)8-6-20/h3-12,15H,13-14,16-18H2,1-2H3,(H,41,49)(H,42,50)(H,43,51)(H2,44,45,46,47,48). The zero-order chi connectivity index (χ0) is 37.7. The van der Waals surface area contributed by atoms with Crippen LogP contribution in [0.1, 0.15) is 42.6 Å². The van der Waals surface area contributed by atoms with Crippen molar-refractivity contribution in [3.05, 3.63) is 94.5 Å². The minimum absolute atomic E-state index is 0.0131. The number of carbonyl (C=O) groups excluding carboxylic acids is 3. The minimum Gasteiger partial charge on any atom is -0.454 e. The van der Waals surface area contributed by atoms with Crippen LogP contribution < -0.4 is 31.3 Å². The highest BCUT2D eigenvalue weighted by Gasteiger charge is 2.45. The van der Waals surface area contributed by atoms with Crippen LogP contribution in [0.15, 0.2) is 66.7 Å². The van der Waals surface area contributed by atoms with Gasteiger partial charge in [0.1, 0.15) is 0 Å². The zero-order valence-corrected chi connectivity index (χ0v) is 28.4. The van der Waals surface area contributed by atoms with Gasteiger partial charge in [0.25, 0.3) is 5.91 Å². The first kappa shape index (κ1) is 37.7. The number of hydrogen-bond donors (Lipinski definition) is 5. The molecule has 0 atom stereocenters. The molecule has 1 aliphatic carbocycles. The smallest absolute Gasteiger partial charge is 0.422 e. The number of anilines is 4. The number of alkyl halides is 3. The number of carbonyl (C=O) groups is 3. The predicted octanol–water partition coefficient (Wildman–Crippen LogP) is 6.10. The van der Waals surface area contributed by atoms with E-state index in [4.69, 9.17) is 16.3 Å². The maximum Gasteiger partial charge on any atom is 0.422 e. The maximum atomic E-state index is 13.4. The van der Waals surface area contributed by atoms with Crippen LogP contribution >= 0.6 is 11.6 Å². The Bertz CT molecular complexity index is 1940. The van der Waals surface area contributed by atoms with E-state index in [1.54, 1.807) is 26.0 Å². The molecule has 0 bridgehead atoms. The van der Waals surface area contributed by atoms with Gasteiger partial charge < -0.3 is 31.3 Å². The molecule has 1 aliphatic rings. The van der Waals surface area contributed by atoms with Crippen LogP contribution in [0.2, 0.25) is 5.02 Å². The van der Waals surface area contributed by atoms with Crippen molar-refractivity contribution < 1.29 is 41.1 Å². The lowest BCUT2D eigenvalue weighted by Gasteiger charge is -2.25. The van der Waals surface area contributed by atoms with Gasteiger partial charge in [-0.05, 0) is 72.4 Å². The molecule has 5 rings (SSSR count). The highest BCUT2D eigenvalue weighted by atomic mass is 35.5. The second-order valence-electron chi connectivity index (χ2n) is 12.7. The average Bonchev–Trinajstić information content (AvgIpc) is 3.87. The Kier molecular flexibility index (Phi) is 11.1. The lowest BCUT2D eigenvalue weighted by molar-refractivity contribution is -0.154. The Morgan fingerprint density at radius 1 is 0.808 bits per heavy atom. The molecule has 0 unspecified atom stereocenters. The Balaban J connectivity index is 1.17. The van der Waals surface area contributed by atoms with Gasteiger partial charge in [-0.1, -0.05) is 37.6 Å². The zero-order valence-electron chi connectivity index (χ0n) is 27.6. The molecule has 3 amide bonds. The summed E-state index contributed by atoms with van der Waals surface area (Å²) in [5, 5.41) is 14.0. The van der Waals surface area contributed by atoms with Gasteiger partial charge in [-0.3, -0.25) is 14.4 Å². The van der Waals surface area contributed by atoms with Gasteiger partial charge in [0.15, 0.2) is 18.2 Å². The van der Waals surface area contributed by atoms with E-state index in [0.29, 0.717) is 10.7 Å². The van der Waals surface area contributed by atoms with Crippen molar-refractivity contribution in [2.24, 2.45) is 5.41 Å². The number of amides is 3. The molecule has 0 saturated heterocycles. The van der Waals surface area contributed by atoms with Crippen molar-refractivity contribution in [1.29, 1.82) is 0 Å². The summed E-state index contributed by atoms with van der Waals surface area (Å²) in [6.45, 7) is 1.94. The molecule has 0 aliphatic heterocycles. The number of benzene rings is 3. The number of ether oxygens (including phenoxy) is 1. The summed E-state index contributed by atoms with van der Waals surface area (Å²) < 4.78 is 70.1. The Morgan fingerprint density at radius 2 is 1.44 bits per heavy atom. The first-order valence-corrected chi connectivity index (χ1v) is 16.1. The molecule has 12 nitrogen and oxygen atoms in total. The van der Waals surface area contributed by atoms with Gasteiger partial charge in [-0.2, -0.15) is 28.1 Å². The summed E-state index contributed by atoms with van der Waals surface area (Å²) in [6.07, 6.45) is -3.19. The number of aromatic nitrogens is 3. The second kappa shape index (κ2) is 15.3. The third-order valence-corrected chi connectivity index (χ3v) is 7.97. The second-order valence-corrected chi connectivity index (χ2v) is 13.1. The average molecular weight is 747 g/mol. The van der Waals surface area contributed by atoms with E-state index in [9.17, 15) is 36.3 Å². The fourth-order valence-electron chi connectivity index (χ4n) is 4.75. The highest BCUT2D eigenvalue weighted by Crippen LogP contribution is 2.48. The molecule has 1 heterocycles. The van der Waals surface area contributed by atoms with Crippen LogP contribution in [-0.4, -0.2) is 58.5 Å². The molecule has 1 fully saturated rings. The Labute approximate surface area is 298 Å². The van der Waals surface area contributed by atoms with Crippen LogP contribution in [0.4, 0.5) is 45.2 Å². The lowest BCUT2D eigenvalue weighted by atomic mass is 9.93. The van der Waals surface area contributed by atoms with Gasteiger partial charge >= 0.3 is 24.0 Å². The lowest BCUT2D eigenvalue weighted by Crippen LogP contribution is -2.44. The number of halogens is 6. The first-order valence-electron chi connectivity index (χ1n) is 15.7. The van der Waals surface area contributed by atoms with E-state index in [1.807, 2.05) is 12.1 Å². The molecular formula is C34H32ClF5N8O4. The topological polar surface area (TPSA) is 159 Å². The largest absolute Gasteiger partial charge is 0.454 e. The van der Waals surface area contributed by atoms with Crippen LogP contribution in [0.3, 0.4) is 0 Å². The highest BCUT2D eigenvalue weighted by molar-refractivity contribution is 6.39. The summed E-state index contributed by atoms with van der Waals surface area (Å²) in [4.78, 5) is 49.6. The summed E-state index contributed by atoms with van der Waals surface area (Å²) in [5.41, 5.74) is 0.218. The molecule has 3 aromatic carbocycles. The molecule has 5 N–H and O–H groups in total. The van der Waals surface area contributed by atoms with Crippen molar-refractivity contribution in [3.8, 4) is 6.01 Å². The van der Waals surface area contributed by atoms with Gasteiger partial charge in [0.2, 0.25) is 11.9 Å². The predicted molar refractivity (Wildman–Crippen MR) is 181 cm³/mol. The van der Waals surface area contributed by atoms with E-state index in [1.165, 1.54) is 24.3 Å². The third-order valence-electron chi connectivity index (χ3n) is 7.72. The Morgan fingerprint density at radius 3 is 2.08 bits per heavy atom. The van der Waals surface area contributed by atoms with Crippen LogP contribution in [0, 0.1) is 17.0 Å². The summed E-state index contributed by atoms with van der Waals surface area (Å²) in [5.74, 6) is -4.96. The van der Waals surface area contributed by atoms with Crippen molar-refractivity contribution in [2.45, 2.75) is 38.4 Å². The SMILES string of the molecule is CC(C)(CNC(=O)C(=O)Nc1ccc(F)c(F)c1)CNC(=O)c1ccc(Nc2nc(NC3(c4ccc(Cl)cc4)CC3)nc(OCC(F)(F)F)n2)cc1. The summed E-state index contributed by atoms with van der Waals surface area (Å²) in [7, 11) is 0. The van der Waals surface area contributed by atoms with Gasteiger partial charge in [-0.25, -0.2) is 8.78 Å². The number of nitrogens with zero attached hydrogens (tertiary/aromatic N) is 3. The van der Waals surface area contributed by atoms with E-state index < -0.39 is 59.1 Å². The van der Waals surface area contributed by atoms with Crippen molar-refractivity contribution in [2.75, 3.05) is 35.6 Å². The quantitative estimate of drug-likeness (QED) is 0.0805. The minimum atomic E-state index is -4.63. The van der Waals surface area contributed by atoms with Crippen molar-refractivity contribution >= 4 is 52.6 Å². The number of nitrogens with one attached hydrogen (secondary N) is 5. The van der Waals surface area contributed by atoms with Crippen LogP contribution in [0.25, 0.3) is 0 Å². The van der Waals surface area contributed by atoms with Gasteiger partial charge in [0.05, 0.1) is 5.54 Å². The molecule has 0 radical (unpaired) electrons. The maximum absolute atomic E-state index is 13.4. The molecule has 18 heteroatoms. The summed E-state index contributed by atoms with van der Waals surface area (Å²) >= 11 is 6.02. The van der Waals surface area contributed by atoms with Crippen LogP contribution in [-0.2, 0) is 15.1 Å². The monoisotopic (exact) mass is 746 g/mol. The molecule has 274 valence electrons. The van der Waals surface area contributed by atoms with Crippen LogP contribution in [0.5, 0.6) is 6.01 Å². The molecule has 1 saturated carbocycles. The third kappa shape index (κ3) is 10.5. The molecule has 4 aromatic rings. The molecule has 1 aromatic heterocycles. The fraction of sp³-hybridized carbons (Fsp3) is 0.294. The fourth-order valence-corrected chi connectivity index (χ4v) is 4.88. The first-order chi connectivity index (χ1) is 24.5. The number of hydrogen-bond acceptors (Lipinski definition) is 9. The van der Waals surface area contributed by atoms with Gasteiger partial charge in [0, 0.05) is 41.1 Å². The van der Waals surface area contributed by atoms with E-state index in [-0.39, 0.29) is 36.2 Å². The molecule has 0 spiro atoms.